The molecule has 1 aliphatic heterocycles. The Kier molecular flexibility index (Phi) is 11.4. The molecule has 216 valence electrons. The molecule has 11 nitrogen and oxygen atoms in total. The molecule has 2 heterocycles. The molecule has 4 atom stereocenters. The minimum absolute atomic E-state index is 0.0983. The van der Waals surface area contributed by atoms with Crippen molar-refractivity contribution in [1.82, 2.24) is 26.3 Å². The van der Waals surface area contributed by atoms with Gasteiger partial charge in [-0.25, -0.2) is 4.98 Å². The van der Waals surface area contributed by atoms with Crippen molar-refractivity contribution in [3.8, 4) is 0 Å². The second-order valence-corrected chi connectivity index (χ2v) is 10.2. The Hall–Kier alpha value is -3.99. The summed E-state index contributed by atoms with van der Waals surface area (Å²) < 4.78 is 5.62. The van der Waals surface area contributed by atoms with Gasteiger partial charge in [-0.1, -0.05) is 42.0 Å². The molecule has 11 heteroatoms. The molecule has 2 aromatic rings. The van der Waals surface area contributed by atoms with E-state index in [2.05, 4.69) is 26.3 Å². The van der Waals surface area contributed by atoms with Crippen LogP contribution >= 0.6 is 0 Å². The quantitative estimate of drug-likeness (QED) is 0.328. The highest BCUT2D eigenvalue weighted by atomic mass is 16.3. The molecule has 0 fully saturated rings. The van der Waals surface area contributed by atoms with Crippen LogP contribution in [0.5, 0.6) is 0 Å². The van der Waals surface area contributed by atoms with Gasteiger partial charge in [0.25, 0.3) is 5.91 Å². The van der Waals surface area contributed by atoms with Crippen molar-refractivity contribution < 1.29 is 28.7 Å². The maximum absolute atomic E-state index is 13.5. The van der Waals surface area contributed by atoms with E-state index in [0.717, 1.165) is 17.4 Å². The van der Waals surface area contributed by atoms with E-state index in [9.17, 15) is 24.3 Å². The lowest BCUT2D eigenvalue weighted by atomic mass is 10.0. The van der Waals surface area contributed by atoms with Gasteiger partial charge >= 0.3 is 0 Å². The van der Waals surface area contributed by atoms with Gasteiger partial charge in [0, 0.05) is 19.4 Å². The number of aliphatic hydroxyl groups is 1. The first-order chi connectivity index (χ1) is 19.1. The van der Waals surface area contributed by atoms with Crippen LogP contribution in [0.1, 0.15) is 80.9 Å². The number of rotatable bonds is 7. The number of oxazole rings is 1. The lowest BCUT2D eigenvalue weighted by Crippen LogP contribution is -2.52. The van der Waals surface area contributed by atoms with Crippen LogP contribution < -0.4 is 21.3 Å². The summed E-state index contributed by atoms with van der Waals surface area (Å²) in [7, 11) is 0. The Morgan fingerprint density at radius 3 is 2.60 bits per heavy atom. The van der Waals surface area contributed by atoms with Gasteiger partial charge in [-0.05, 0) is 52.0 Å². The first-order valence-electron chi connectivity index (χ1n) is 13.6. The standard InChI is InChI=1S/C29H39N5O6/c1-18(2)10-9-14-24(36)31-21-13-7-8-15-30-28(39)25(19(3)35)34-27(38)23-17-40-29(33-23)22(32-26(21)37)16-20-11-5-4-6-12-20/h4-6,10-12,17,19,21-22,25,35H,7-9,13-16H2,1-3H3,(H,30,39)(H,31,36)(H,32,37)(H,34,38)/t19-,21+,22+,25+/m1/s1. The smallest absolute Gasteiger partial charge is 0.273 e. The maximum Gasteiger partial charge on any atom is 0.273 e. The van der Waals surface area contributed by atoms with Gasteiger partial charge in [-0.2, -0.15) is 0 Å². The Morgan fingerprint density at radius 2 is 1.90 bits per heavy atom. The molecule has 1 aliphatic rings. The Labute approximate surface area is 234 Å². The number of aromatic nitrogens is 1. The molecule has 4 amide bonds. The molecular weight excluding hydrogens is 514 g/mol. The minimum Gasteiger partial charge on any atom is -0.446 e. The summed E-state index contributed by atoms with van der Waals surface area (Å²) in [5, 5.41) is 21.1. The van der Waals surface area contributed by atoms with E-state index in [1.54, 1.807) is 0 Å². The number of carbonyl (C=O) groups is 4. The van der Waals surface area contributed by atoms with Crippen LogP contribution in [-0.4, -0.2) is 58.5 Å². The van der Waals surface area contributed by atoms with Crippen LogP contribution in [0.2, 0.25) is 0 Å². The fraction of sp³-hybridized carbons (Fsp3) is 0.483. The normalized spacial score (nSPS) is 21.4. The van der Waals surface area contributed by atoms with E-state index in [1.807, 2.05) is 50.3 Å². The van der Waals surface area contributed by atoms with Gasteiger partial charge < -0.3 is 30.8 Å². The van der Waals surface area contributed by atoms with Crippen molar-refractivity contribution in [1.29, 1.82) is 0 Å². The Bertz CT molecular complexity index is 1190. The zero-order chi connectivity index (χ0) is 29.1. The molecule has 2 bridgehead atoms. The predicted molar refractivity (Wildman–Crippen MR) is 148 cm³/mol. The lowest BCUT2D eigenvalue weighted by molar-refractivity contribution is -0.129. The number of hydrogen-bond acceptors (Lipinski definition) is 7. The molecule has 0 spiro atoms. The molecular formula is C29H39N5O6. The van der Waals surface area contributed by atoms with Gasteiger partial charge in [0.1, 0.15) is 24.4 Å². The summed E-state index contributed by atoms with van der Waals surface area (Å²) in [5.41, 5.74) is 1.91. The highest BCUT2D eigenvalue weighted by Gasteiger charge is 2.30. The van der Waals surface area contributed by atoms with Gasteiger partial charge in [0.05, 0.1) is 6.10 Å². The van der Waals surface area contributed by atoms with E-state index < -0.39 is 42.0 Å². The van der Waals surface area contributed by atoms with Crippen LogP contribution in [0.3, 0.4) is 0 Å². The van der Waals surface area contributed by atoms with Gasteiger partial charge in [-0.3, -0.25) is 19.2 Å². The van der Waals surface area contributed by atoms with Crippen LogP contribution in [0.25, 0.3) is 0 Å². The lowest BCUT2D eigenvalue weighted by Gasteiger charge is -2.23. The number of nitrogens with zero attached hydrogens (tertiary/aromatic N) is 1. The molecule has 0 saturated heterocycles. The average Bonchev–Trinajstić information content (AvgIpc) is 3.40. The van der Waals surface area contributed by atoms with Crippen LogP contribution in [0.15, 0.2) is 52.7 Å². The average molecular weight is 554 g/mol. The van der Waals surface area contributed by atoms with E-state index in [0.29, 0.717) is 32.1 Å². The number of hydrogen-bond donors (Lipinski definition) is 5. The zero-order valence-electron chi connectivity index (χ0n) is 23.2. The summed E-state index contributed by atoms with van der Waals surface area (Å²) in [5.74, 6) is -1.78. The Morgan fingerprint density at radius 1 is 1.15 bits per heavy atom. The Balaban J connectivity index is 1.89. The van der Waals surface area contributed by atoms with E-state index in [4.69, 9.17) is 4.42 Å². The van der Waals surface area contributed by atoms with Crippen molar-refractivity contribution in [2.24, 2.45) is 0 Å². The van der Waals surface area contributed by atoms with Crippen molar-refractivity contribution in [3.05, 3.63) is 65.4 Å². The first kappa shape index (κ1) is 30.6. The third-order valence-corrected chi connectivity index (χ3v) is 6.50. The van der Waals surface area contributed by atoms with Crippen molar-refractivity contribution in [2.45, 2.75) is 83.5 Å². The summed E-state index contributed by atoms with van der Waals surface area (Å²) in [6.07, 6.45) is 4.51. The summed E-state index contributed by atoms with van der Waals surface area (Å²) in [6, 6.07) is 6.69. The highest BCUT2D eigenvalue weighted by Crippen LogP contribution is 2.20. The van der Waals surface area contributed by atoms with Crippen molar-refractivity contribution in [2.75, 3.05) is 6.54 Å². The third kappa shape index (κ3) is 9.33. The van der Waals surface area contributed by atoms with Crippen molar-refractivity contribution >= 4 is 23.6 Å². The molecule has 1 aromatic carbocycles. The molecule has 1 aromatic heterocycles. The van der Waals surface area contributed by atoms with Crippen LogP contribution in [0.4, 0.5) is 0 Å². The van der Waals surface area contributed by atoms with Gasteiger partial charge in [-0.15, -0.1) is 0 Å². The summed E-state index contributed by atoms with van der Waals surface area (Å²) >= 11 is 0. The fourth-order valence-corrected chi connectivity index (χ4v) is 4.32. The van der Waals surface area contributed by atoms with E-state index >= 15 is 0 Å². The molecule has 5 N–H and O–H groups in total. The third-order valence-electron chi connectivity index (χ3n) is 6.50. The maximum atomic E-state index is 13.5. The number of fused-ring (bicyclic) bond motifs is 2. The molecule has 0 saturated carbocycles. The van der Waals surface area contributed by atoms with E-state index in [1.165, 1.54) is 6.92 Å². The molecule has 0 unspecified atom stereocenters. The summed E-state index contributed by atoms with van der Waals surface area (Å²) in [4.78, 5) is 56.0. The monoisotopic (exact) mass is 553 g/mol. The largest absolute Gasteiger partial charge is 0.446 e. The molecule has 3 rings (SSSR count). The predicted octanol–water partition coefficient (Wildman–Crippen LogP) is 2.09. The van der Waals surface area contributed by atoms with Gasteiger partial charge in [0.15, 0.2) is 5.69 Å². The number of amides is 4. The highest BCUT2D eigenvalue weighted by molar-refractivity contribution is 5.96. The number of allylic oxidation sites excluding steroid dienone is 2. The second-order valence-electron chi connectivity index (χ2n) is 10.2. The molecule has 0 radical (unpaired) electrons. The van der Waals surface area contributed by atoms with E-state index in [-0.39, 0.29) is 30.5 Å². The number of nitrogens with one attached hydrogen (secondary N) is 4. The first-order valence-corrected chi connectivity index (χ1v) is 13.6. The fourth-order valence-electron chi connectivity index (χ4n) is 4.32. The number of benzene rings is 1. The minimum atomic E-state index is -1.19. The molecule has 40 heavy (non-hydrogen) atoms. The number of carbonyl (C=O) groups excluding carboxylic acids is 4. The van der Waals surface area contributed by atoms with Crippen molar-refractivity contribution in [3.63, 3.8) is 0 Å². The zero-order valence-corrected chi connectivity index (χ0v) is 23.2. The van der Waals surface area contributed by atoms with Gasteiger partial charge in [0.2, 0.25) is 23.6 Å². The summed E-state index contributed by atoms with van der Waals surface area (Å²) in [6.45, 7) is 5.60. The second kappa shape index (κ2) is 15.0. The SMILES string of the molecule is CC(C)=CCCC(=O)N[C@H]1CCCCNC(=O)[C@H]([C@@H](C)O)NC(=O)c2coc(n2)[C@H](Cc2ccccc2)NC1=O. The van der Waals surface area contributed by atoms with Crippen LogP contribution in [-0.2, 0) is 20.8 Å². The molecule has 0 aliphatic carbocycles. The number of aliphatic hydroxyl groups excluding tert-OH is 1. The van der Waals surface area contributed by atoms with Crippen LogP contribution in [0, 0.1) is 0 Å². The topological polar surface area (TPSA) is 163 Å².